The van der Waals surface area contributed by atoms with E-state index >= 15 is 0 Å². The highest BCUT2D eigenvalue weighted by Crippen LogP contribution is 2.21. The first kappa shape index (κ1) is 19.2. The molecule has 3 rings (SSSR count). The molecule has 0 atom stereocenters. The molecule has 0 saturated carbocycles. The Kier molecular flexibility index (Phi) is 5.70. The highest BCUT2D eigenvalue weighted by atomic mass is 32.2. The molecule has 144 valence electrons. The minimum absolute atomic E-state index is 0.0852. The van der Waals surface area contributed by atoms with Gasteiger partial charge in [0.05, 0.1) is 4.90 Å². The molecule has 2 aromatic rings. The average molecular weight is 388 g/mol. The molecule has 0 unspecified atom stereocenters. The highest BCUT2D eigenvalue weighted by molar-refractivity contribution is 7.92. The van der Waals surface area contributed by atoms with E-state index < -0.39 is 10.0 Å². The SMILES string of the molecule is CN(C)c1ccc(NS(=O)(=O)c2cccc(C(=O)N3CCCCC3)c2)cc1. The summed E-state index contributed by atoms with van der Waals surface area (Å²) in [5.74, 6) is -0.109. The highest BCUT2D eigenvalue weighted by Gasteiger charge is 2.21. The van der Waals surface area contributed by atoms with Crippen LogP contribution in [0.25, 0.3) is 0 Å². The van der Waals surface area contributed by atoms with Crippen LogP contribution >= 0.6 is 0 Å². The van der Waals surface area contributed by atoms with Gasteiger partial charge in [-0.3, -0.25) is 9.52 Å². The maximum absolute atomic E-state index is 12.7. The van der Waals surface area contributed by atoms with Gasteiger partial charge in [0.2, 0.25) is 0 Å². The van der Waals surface area contributed by atoms with Gasteiger partial charge in [-0.1, -0.05) is 6.07 Å². The van der Waals surface area contributed by atoms with Crippen LogP contribution in [0.1, 0.15) is 29.6 Å². The number of hydrogen-bond donors (Lipinski definition) is 1. The predicted molar refractivity (Wildman–Crippen MR) is 108 cm³/mol. The minimum Gasteiger partial charge on any atom is -0.378 e. The van der Waals surface area contributed by atoms with Crippen LogP contribution in [-0.4, -0.2) is 46.4 Å². The fraction of sp³-hybridized carbons (Fsp3) is 0.350. The summed E-state index contributed by atoms with van der Waals surface area (Å²) in [5, 5.41) is 0. The van der Waals surface area contributed by atoms with Crippen LogP contribution < -0.4 is 9.62 Å². The summed E-state index contributed by atoms with van der Waals surface area (Å²) in [6.45, 7) is 1.46. The zero-order valence-electron chi connectivity index (χ0n) is 15.7. The number of piperidine rings is 1. The van der Waals surface area contributed by atoms with Crippen molar-refractivity contribution in [1.82, 2.24) is 4.90 Å². The first-order chi connectivity index (χ1) is 12.9. The van der Waals surface area contributed by atoms with Crippen LogP contribution in [0, 0.1) is 0 Å². The quantitative estimate of drug-likeness (QED) is 0.855. The number of benzene rings is 2. The standard InChI is InChI=1S/C20H25N3O3S/c1-22(2)18-11-9-17(10-12-18)21-27(25,26)19-8-6-7-16(15-19)20(24)23-13-4-3-5-14-23/h6-12,15,21H,3-5,13-14H2,1-2H3. The van der Waals surface area contributed by atoms with E-state index in [1.54, 1.807) is 29.2 Å². The molecule has 1 aliphatic rings. The lowest BCUT2D eigenvalue weighted by molar-refractivity contribution is 0.0724. The third-order valence-corrected chi connectivity index (χ3v) is 6.05. The number of anilines is 2. The molecule has 0 radical (unpaired) electrons. The minimum atomic E-state index is -3.77. The van der Waals surface area contributed by atoms with Gasteiger partial charge in [-0.05, 0) is 61.7 Å². The van der Waals surface area contributed by atoms with Crippen molar-refractivity contribution in [3.8, 4) is 0 Å². The molecule has 1 aliphatic heterocycles. The van der Waals surface area contributed by atoms with Gasteiger partial charge in [-0.25, -0.2) is 8.42 Å². The second-order valence-corrected chi connectivity index (χ2v) is 8.61. The Morgan fingerprint density at radius 2 is 1.67 bits per heavy atom. The molecular formula is C20H25N3O3S. The van der Waals surface area contributed by atoms with Crippen LogP contribution in [-0.2, 0) is 10.0 Å². The summed E-state index contributed by atoms with van der Waals surface area (Å²) < 4.78 is 28.0. The van der Waals surface area contributed by atoms with Gasteiger partial charge in [0.1, 0.15) is 0 Å². The van der Waals surface area contributed by atoms with E-state index in [4.69, 9.17) is 0 Å². The van der Waals surface area contributed by atoms with Crippen LogP contribution in [0.5, 0.6) is 0 Å². The van der Waals surface area contributed by atoms with Crippen molar-refractivity contribution in [3.05, 3.63) is 54.1 Å². The summed E-state index contributed by atoms with van der Waals surface area (Å²) in [4.78, 5) is 16.5. The monoisotopic (exact) mass is 387 g/mol. The van der Waals surface area contributed by atoms with E-state index in [0.717, 1.165) is 38.0 Å². The van der Waals surface area contributed by atoms with E-state index in [-0.39, 0.29) is 10.8 Å². The Bertz CT molecular complexity index is 902. The normalized spacial score (nSPS) is 14.7. The Morgan fingerprint density at radius 1 is 1.00 bits per heavy atom. The summed E-state index contributed by atoms with van der Waals surface area (Å²) in [7, 11) is 0.0738. The maximum Gasteiger partial charge on any atom is 0.261 e. The van der Waals surface area contributed by atoms with Crippen molar-refractivity contribution in [3.63, 3.8) is 0 Å². The smallest absolute Gasteiger partial charge is 0.261 e. The van der Waals surface area contributed by atoms with Crippen molar-refractivity contribution >= 4 is 27.3 Å². The molecule has 2 aromatic carbocycles. The van der Waals surface area contributed by atoms with Crippen molar-refractivity contribution in [2.75, 3.05) is 36.8 Å². The van der Waals surface area contributed by atoms with Crippen LogP contribution in [0.15, 0.2) is 53.4 Å². The molecule has 0 aromatic heterocycles. The predicted octanol–water partition coefficient (Wildman–Crippen LogP) is 3.18. The molecule has 1 N–H and O–H groups in total. The summed E-state index contributed by atoms with van der Waals surface area (Å²) in [6.07, 6.45) is 3.12. The zero-order chi connectivity index (χ0) is 19.4. The Balaban J connectivity index is 1.79. The molecule has 1 fully saturated rings. The molecule has 7 heteroatoms. The third kappa shape index (κ3) is 4.60. The van der Waals surface area contributed by atoms with Crippen LogP contribution in [0.4, 0.5) is 11.4 Å². The molecule has 1 saturated heterocycles. The molecule has 0 aliphatic carbocycles. The average Bonchev–Trinajstić information content (AvgIpc) is 2.68. The second kappa shape index (κ2) is 8.00. The van der Waals surface area contributed by atoms with Gasteiger partial charge in [-0.2, -0.15) is 0 Å². The van der Waals surface area contributed by atoms with E-state index in [1.165, 1.54) is 12.1 Å². The number of hydrogen-bond acceptors (Lipinski definition) is 4. The molecule has 0 spiro atoms. The number of amides is 1. The Labute approximate surface area is 160 Å². The van der Waals surface area contributed by atoms with Crippen molar-refractivity contribution < 1.29 is 13.2 Å². The molecular weight excluding hydrogens is 362 g/mol. The largest absolute Gasteiger partial charge is 0.378 e. The lowest BCUT2D eigenvalue weighted by atomic mass is 10.1. The van der Waals surface area contributed by atoms with E-state index in [0.29, 0.717) is 11.3 Å². The van der Waals surface area contributed by atoms with Gasteiger partial charge in [0.25, 0.3) is 15.9 Å². The van der Waals surface area contributed by atoms with Crippen molar-refractivity contribution in [2.24, 2.45) is 0 Å². The molecule has 1 heterocycles. The third-order valence-electron chi connectivity index (χ3n) is 4.67. The van der Waals surface area contributed by atoms with Crippen LogP contribution in [0.3, 0.4) is 0 Å². The lowest BCUT2D eigenvalue weighted by Gasteiger charge is -2.26. The van der Waals surface area contributed by atoms with Gasteiger partial charge in [-0.15, -0.1) is 0 Å². The number of nitrogens with one attached hydrogen (secondary N) is 1. The first-order valence-corrected chi connectivity index (χ1v) is 10.5. The molecule has 27 heavy (non-hydrogen) atoms. The number of rotatable bonds is 5. The van der Waals surface area contributed by atoms with E-state index in [9.17, 15) is 13.2 Å². The Morgan fingerprint density at radius 3 is 2.30 bits per heavy atom. The Hall–Kier alpha value is -2.54. The number of likely N-dealkylation sites (tertiary alicyclic amines) is 1. The topological polar surface area (TPSA) is 69.7 Å². The van der Waals surface area contributed by atoms with Gasteiger partial charge < -0.3 is 9.80 Å². The number of carbonyl (C=O) groups is 1. The van der Waals surface area contributed by atoms with Gasteiger partial charge in [0.15, 0.2) is 0 Å². The van der Waals surface area contributed by atoms with Crippen molar-refractivity contribution in [2.45, 2.75) is 24.2 Å². The second-order valence-electron chi connectivity index (χ2n) is 6.93. The molecule has 1 amide bonds. The fourth-order valence-corrected chi connectivity index (χ4v) is 4.22. The zero-order valence-corrected chi connectivity index (χ0v) is 16.5. The van der Waals surface area contributed by atoms with E-state index in [1.807, 2.05) is 31.1 Å². The summed E-state index contributed by atoms with van der Waals surface area (Å²) >= 11 is 0. The lowest BCUT2D eigenvalue weighted by Crippen LogP contribution is -2.35. The fourth-order valence-electron chi connectivity index (χ4n) is 3.12. The van der Waals surface area contributed by atoms with Crippen molar-refractivity contribution in [1.29, 1.82) is 0 Å². The number of carbonyl (C=O) groups excluding carboxylic acids is 1. The van der Waals surface area contributed by atoms with Gasteiger partial charge in [0, 0.05) is 44.1 Å². The summed E-state index contributed by atoms with van der Waals surface area (Å²) in [5.41, 5.74) is 1.86. The van der Waals surface area contributed by atoms with Gasteiger partial charge >= 0.3 is 0 Å². The molecule has 6 nitrogen and oxygen atoms in total. The van der Waals surface area contributed by atoms with Crippen LogP contribution in [0.2, 0.25) is 0 Å². The maximum atomic E-state index is 12.7. The van der Waals surface area contributed by atoms with E-state index in [2.05, 4.69) is 4.72 Å². The molecule has 0 bridgehead atoms. The summed E-state index contributed by atoms with van der Waals surface area (Å²) in [6, 6.07) is 13.4. The number of nitrogens with zero attached hydrogens (tertiary/aromatic N) is 2. The first-order valence-electron chi connectivity index (χ1n) is 9.06. The number of sulfonamides is 1.